The number of nitrogens with one attached hydrogen (secondary N) is 2. The Bertz CT molecular complexity index is 1010. The van der Waals surface area contributed by atoms with E-state index < -0.39 is 41.9 Å². The topological polar surface area (TPSA) is 250 Å². The van der Waals surface area contributed by atoms with Gasteiger partial charge in [0.05, 0.1) is 6.04 Å². The molecule has 1 aromatic heterocycles. The fourth-order valence-corrected chi connectivity index (χ4v) is 2.94. The van der Waals surface area contributed by atoms with E-state index in [-0.39, 0.29) is 49.6 Å². The summed E-state index contributed by atoms with van der Waals surface area (Å²) in [5.74, 6) is -2.45. The number of hydrogen-bond acceptors (Lipinski definition) is 9. The van der Waals surface area contributed by atoms with Gasteiger partial charge in [0.15, 0.2) is 5.82 Å². The number of benzene rings is 1. The van der Waals surface area contributed by atoms with Crippen LogP contribution in [0.2, 0.25) is 0 Å². The van der Waals surface area contributed by atoms with E-state index >= 15 is 0 Å². The Morgan fingerprint density at radius 1 is 1.00 bits per heavy atom. The highest BCUT2D eigenvalue weighted by Crippen LogP contribution is 2.20. The molecule has 2 rings (SSSR count). The van der Waals surface area contributed by atoms with E-state index in [0.29, 0.717) is 5.56 Å². The molecule has 1 aromatic carbocycles. The number of aromatic hydroxyl groups is 1. The number of carbonyl (C=O) groups excluding carboxylic acids is 3. The van der Waals surface area contributed by atoms with Crippen molar-refractivity contribution in [2.75, 3.05) is 0 Å². The summed E-state index contributed by atoms with van der Waals surface area (Å²) >= 11 is 0. The van der Waals surface area contributed by atoms with Crippen LogP contribution in [0.1, 0.15) is 55.0 Å². The summed E-state index contributed by atoms with van der Waals surface area (Å²) in [6.45, 7) is 0. The molecule has 1 unspecified atom stereocenters. The van der Waals surface area contributed by atoms with Crippen molar-refractivity contribution < 1.29 is 33.9 Å². The summed E-state index contributed by atoms with van der Waals surface area (Å²) < 4.78 is 5.16. The lowest BCUT2D eigenvalue weighted by Gasteiger charge is -2.19. The van der Waals surface area contributed by atoms with Gasteiger partial charge in [-0.3, -0.25) is 9.59 Å². The summed E-state index contributed by atoms with van der Waals surface area (Å²) in [6.07, 6.45) is -0.00257. The number of nitrogens with two attached hydrogens (primary N) is 3. The van der Waals surface area contributed by atoms with Gasteiger partial charge < -0.3 is 42.6 Å². The van der Waals surface area contributed by atoms with Gasteiger partial charge in [-0.1, -0.05) is 17.3 Å². The van der Waals surface area contributed by atoms with Crippen molar-refractivity contribution in [3.63, 3.8) is 0 Å². The SMILES string of the molecule is NC(=O)CCC(NC(=O)N[C@@H](Cc1ccc(O)cc1)C(=O)O)c1nc([C@@H](N)CCC(N)=O)no1. The first-order chi connectivity index (χ1) is 16.0. The molecular weight excluding hydrogens is 450 g/mol. The zero-order chi connectivity index (χ0) is 25.3. The summed E-state index contributed by atoms with van der Waals surface area (Å²) in [5, 5.41) is 27.4. The highest BCUT2D eigenvalue weighted by molar-refractivity contribution is 5.83. The minimum Gasteiger partial charge on any atom is -0.508 e. The third-order valence-electron chi connectivity index (χ3n) is 4.75. The predicted octanol–water partition coefficient (Wildman–Crippen LogP) is -0.658. The maximum absolute atomic E-state index is 12.5. The smallest absolute Gasteiger partial charge is 0.326 e. The van der Waals surface area contributed by atoms with Gasteiger partial charge in [0.2, 0.25) is 17.7 Å². The highest BCUT2D eigenvalue weighted by Gasteiger charge is 2.26. The molecule has 4 amide bonds. The number of amides is 4. The second kappa shape index (κ2) is 12.2. The fraction of sp³-hybridized carbons (Fsp3) is 0.400. The highest BCUT2D eigenvalue weighted by atomic mass is 16.5. The predicted molar refractivity (Wildman–Crippen MR) is 116 cm³/mol. The van der Waals surface area contributed by atoms with Crippen LogP contribution in [0.25, 0.3) is 0 Å². The van der Waals surface area contributed by atoms with Crippen LogP contribution in [0.5, 0.6) is 5.75 Å². The standard InChI is InChI=1S/C20H27N7O7/c21-12(5-7-15(22)29)17-26-18(34-27-17)13(6-8-16(23)30)24-20(33)25-14(19(31)32)9-10-1-3-11(28)4-2-10/h1-4,12-14,28H,5-9,21H2,(H2,22,29)(H2,23,30)(H,31,32)(H2,24,25,33)/t12-,13?,14-/m0/s1. The molecule has 184 valence electrons. The number of carboxylic acid groups (broad SMARTS) is 1. The number of aromatic nitrogens is 2. The van der Waals surface area contributed by atoms with Crippen LogP contribution in [0, 0.1) is 0 Å². The third kappa shape index (κ3) is 8.38. The molecule has 0 radical (unpaired) electrons. The second-order valence-electron chi connectivity index (χ2n) is 7.54. The summed E-state index contributed by atoms with van der Waals surface area (Å²) in [6, 6.07) is 1.98. The van der Waals surface area contributed by atoms with Crippen LogP contribution >= 0.6 is 0 Å². The Balaban J connectivity index is 2.09. The lowest BCUT2D eigenvalue weighted by Crippen LogP contribution is -2.48. The second-order valence-corrected chi connectivity index (χ2v) is 7.54. The molecule has 10 N–H and O–H groups in total. The van der Waals surface area contributed by atoms with E-state index in [1.54, 1.807) is 0 Å². The van der Waals surface area contributed by atoms with Crippen molar-refractivity contribution >= 4 is 23.8 Å². The number of carboxylic acids is 1. The van der Waals surface area contributed by atoms with E-state index in [4.69, 9.17) is 21.7 Å². The molecule has 14 heteroatoms. The van der Waals surface area contributed by atoms with Crippen LogP contribution in [0.3, 0.4) is 0 Å². The zero-order valence-corrected chi connectivity index (χ0v) is 18.1. The number of carbonyl (C=O) groups is 4. The van der Waals surface area contributed by atoms with E-state index in [9.17, 15) is 29.4 Å². The normalized spacial score (nSPS) is 13.4. The maximum Gasteiger partial charge on any atom is 0.326 e. The van der Waals surface area contributed by atoms with Gasteiger partial charge in [0, 0.05) is 19.3 Å². The van der Waals surface area contributed by atoms with Gasteiger partial charge in [-0.15, -0.1) is 0 Å². The Morgan fingerprint density at radius 2 is 1.62 bits per heavy atom. The van der Waals surface area contributed by atoms with Crippen molar-refractivity contribution in [3.8, 4) is 5.75 Å². The molecule has 0 saturated carbocycles. The number of phenolic OH excluding ortho intramolecular Hbond substituents is 1. The van der Waals surface area contributed by atoms with Crippen LogP contribution < -0.4 is 27.8 Å². The number of urea groups is 1. The molecule has 0 bridgehead atoms. The van der Waals surface area contributed by atoms with Crippen molar-refractivity contribution in [3.05, 3.63) is 41.5 Å². The molecule has 2 aromatic rings. The average Bonchev–Trinajstić information content (AvgIpc) is 3.26. The van der Waals surface area contributed by atoms with E-state index in [2.05, 4.69) is 20.8 Å². The minimum atomic E-state index is -1.29. The number of hydrogen-bond donors (Lipinski definition) is 7. The van der Waals surface area contributed by atoms with Crippen LogP contribution in [0.15, 0.2) is 28.8 Å². The number of rotatable bonds is 13. The minimum absolute atomic E-state index is 0.00336. The van der Waals surface area contributed by atoms with Gasteiger partial charge in [-0.25, -0.2) is 9.59 Å². The molecule has 34 heavy (non-hydrogen) atoms. The molecule has 3 atom stereocenters. The zero-order valence-electron chi connectivity index (χ0n) is 18.1. The first-order valence-corrected chi connectivity index (χ1v) is 10.3. The van der Waals surface area contributed by atoms with Gasteiger partial charge in [-0.05, 0) is 30.5 Å². The van der Waals surface area contributed by atoms with Crippen molar-refractivity contribution in [1.82, 2.24) is 20.8 Å². The molecule has 0 fully saturated rings. The molecule has 0 saturated heterocycles. The lowest BCUT2D eigenvalue weighted by molar-refractivity contribution is -0.139. The number of aliphatic carboxylic acids is 1. The number of primary amides is 2. The first-order valence-electron chi connectivity index (χ1n) is 10.3. The van der Waals surface area contributed by atoms with E-state index in [0.717, 1.165) is 0 Å². The van der Waals surface area contributed by atoms with Gasteiger partial charge in [0.25, 0.3) is 0 Å². The Hall–Kier alpha value is -4.20. The van der Waals surface area contributed by atoms with Gasteiger partial charge in [0.1, 0.15) is 17.8 Å². The lowest BCUT2D eigenvalue weighted by atomic mass is 10.1. The fourth-order valence-electron chi connectivity index (χ4n) is 2.94. The molecule has 0 aliphatic carbocycles. The Labute approximate surface area is 193 Å². The molecule has 14 nitrogen and oxygen atoms in total. The van der Waals surface area contributed by atoms with Crippen molar-refractivity contribution in [1.29, 1.82) is 0 Å². The molecular formula is C20H27N7O7. The summed E-state index contributed by atoms with van der Waals surface area (Å²) in [7, 11) is 0. The van der Waals surface area contributed by atoms with E-state index in [1.165, 1.54) is 24.3 Å². The number of nitrogens with zero attached hydrogens (tertiary/aromatic N) is 2. The monoisotopic (exact) mass is 477 g/mol. The van der Waals surface area contributed by atoms with Crippen LogP contribution in [0.4, 0.5) is 4.79 Å². The summed E-state index contributed by atoms with van der Waals surface area (Å²) in [4.78, 5) is 50.5. The van der Waals surface area contributed by atoms with Crippen molar-refractivity contribution in [2.24, 2.45) is 17.2 Å². The molecule has 1 heterocycles. The number of phenols is 1. The van der Waals surface area contributed by atoms with Crippen LogP contribution in [-0.2, 0) is 20.8 Å². The Morgan fingerprint density at radius 3 is 2.21 bits per heavy atom. The van der Waals surface area contributed by atoms with Crippen molar-refractivity contribution in [2.45, 2.75) is 50.2 Å². The maximum atomic E-state index is 12.5. The average molecular weight is 477 g/mol. The van der Waals surface area contributed by atoms with Gasteiger partial charge >= 0.3 is 12.0 Å². The molecule has 0 spiro atoms. The van der Waals surface area contributed by atoms with Crippen LogP contribution in [-0.4, -0.2) is 50.2 Å². The third-order valence-corrected chi connectivity index (χ3v) is 4.75. The van der Waals surface area contributed by atoms with Gasteiger partial charge in [-0.2, -0.15) is 4.98 Å². The quantitative estimate of drug-likeness (QED) is 0.192. The molecule has 0 aliphatic rings. The first kappa shape index (κ1) is 26.1. The Kier molecular flexibility index (Phi) is 9.31. The van der Waals surface area contributed by atoms with E-state index in [1.807, 2.05) is 0 Å². The largest absolute Gasteiger partial charge is 0.508 e. The summed E-state index contributed by atoms with van der Waals surface area (Å²) in [5.41, 5.74) is 16.8. The molecule has 0 aliphatic heterocycles.